The number of halogens is 1. The maximum Gasteiger partial charge on any atom is 0.443 e. The van der Waals surface area contributed by atoms with Crippen molar-refractivity contribution in [3.63, 3.8) is 0 Å². The van der Waals surface area contributed by atoms with Gasteiger partial charge in [-0.25, -0.2) is 9.59 Å². The van der Waals surface area contributed by atoms with Crippen LogP contribution in [0, 0.1) is 0 Å². The summed E-state index contributed by atoms with van der Waals surface area (Å²) in [6, 6.07) is 5.92. The number of rotatable bonds is 4. The molecule has 0 aliphatic carbocycles. The van der Waals surface area contributed by atoms with Gasteiger partial charge in [-0.3, -0.25) is 0 Å². The van der Waals surface area contributed by atoms with Crippen molar-refractivity contribution in [2.45, 2.75) is 32.0 Å². The van der Waals surface area contributed by atoms with Crippen molar-refractivity contribution in [1.82, 2.24) is 0 Å². The van der Waals surface area contributed by atoms with Crippen molar-refractivity contribution < 1.29 is 28.9 Å². The van der Waals surface area contributed by atoms with Crippen LogP contribution in [-0.4, -0.2) is 28.0 Å². The lowest BCUT2D eigenvalue weighted by Gasteiger charge is -2.21. The van der Waals surface area contributed by atoms with E-state index < -0.39 is 17.8 Å². The molecule has 1 aromatic rings. The van der Waals surface area contributed by atoms with Crippen LogP contribution >= 0.6 is 0 Å². The van der Waals surface area contributed by atoms with Crippen molar-refractivity contribution in [2.75, 3.05) is 0 Å². The molecule has 0 radical (unpaired) electrons. The average molecular weight is 270 g/mol. The fourth-order valence-electron chi connectivity index (χ4n) is 1.36. The van der Waals surface area contributed by atoms with Gasteiger partial charge in [0.25, 0.3) is 0 Å². The van der Waals surface area contributed by atoms with Gasteiger partial charge in [-0.05, 0) is 23.1 Å². The van der Waals surface area contributed by atoms with Crippen molar-refractivity contribution in [1.29, 1.82) is 0 Å². The molecule has 0 saturated carbocycles. The normalized spacial score (nSPS) is 12.0. The summed E-state index contributed by atoms with van der Waals surface area (Å²) < 4.78 is 18.1. The van der Waals surface area contributed by atoms with Gasteiger partial charge in [0.05, 0.1) is 0 Å². The lowest BCUT2D eigenvalue weighted by Crippen LogP contribution is -2.47. The standard InChI is InChI=1S/C13H15FO5/c1-12(2,3)8-4-6-9(7-5-8)19-13(14,10(15)16)11(17)18/h4-7H,1-3H3,(H,15,16)(H,17,18). The van der Waals surface area contributed by atoms with Crippen LogP contribution in [0.25, 0.3) is 0 Å². The Morgan fingerprint density at radius 1 is 1.05 bits per heavy atom. The molecule has 0 unspecified atom stereocenters. The van der Waals surface area contributed by atoms with Crippen LogP contribution in [0.4, 0.5) is 4.39 Å². The fraction of sp³-hybridized carbons (Fsp3) is 0.385. The van der Waals surface area contributed by atoms with Crippen LogP contribution in [0.5, 0.6) is 5.75 Å². The number of alkyl halides is 1. The second-order valence-electron chi connectivity index (χ2n) is 5.08. The van der Waals surface area contributed by atoms with Crippen LogP contribution in [0.3, 0.4) is 0 Å². The summed E-state index contributed by atoms with van der Waals surface area (Å²) in [5.74, 6) is -8.37. The molecule has 2 N–H and O–H groups in total. The third-order valence-corrected chi connectivity index (χ3v) is 2.53. The number of carbonyl (C=O) groups is 2. The third kappa shape index (κ3) is 3.21. The lowest BCUT2D eigenvalue weighted by molar-refractivity contribution is -0.191. The van der Waals surface area contributed by atoms with E-state index in [2.05, 4.69) is 4.74 Å². The summed E-state index contributed by atoms with van der Waals surface area (Å²) in [4.78, 5) is 21.2. The van der Waals surface area contributed by atoms with E-state index in [0.717, 1.165) is 5.56 Å². The number of ether oxygens (including phenoxy) is 1. The van der Waals surface area contributed by atoms with Crippen molar-refractivity contribution in [2.24, 2.45) is 0 Å². The maximum absolute atomic E-state index is 13.6. The highest BCUT2D eigenvalue weighted by molar-refractivity contribution is 6.00. The number of hydrogen-bond acceptors (Lipinski definition) is 3. The van der Waals surface area contributed by atoms with Crippen molar-refractivity contribution >= 4 is 11.9 Å². The SMILES string of the molecule is CC(C)(C)c1ccc(OC(F)(C(=O)O)C(=O)O)cc1. The van der Waals surface area contributed by atoms with E-state index in [0.29, 0.717) is 0 Å². The molecule has 5 nitrogen and oxygen atoms in total. The Balaban J connectivity index is 3.00. The number of aliphatic carboxylic acids is 2. The Morgan fingerprint density at radius 3 is 1.79 bits per heavy atom. The average Bonchev–Trinajstić information content (AvgIpc) is 2.27. The number of carboxylic acid groups (broad SMARTS) is 2. The predicted octanol–water partition coefficient (Wildman–Crippen LogP) is 2.20. The highest BCUT2D eigenvalue weighted by Gasteiger charge is 2.50. The molecule has 0 aliphatic rings. The first-order valence-electron chi connectivity index (χ1n) is 5.52. The molecule has 1 aromatic carbocycles. The summed E-state index contributed by atoms with van der Waals surface area (Å²) in [5.41, 5.74) is 0.792. The highest BCUT2D eigenvalue weighted by Crippen LogP contribution is 2.26. The third-order valence-electron chi connectivity index (χ3n) is 2.53. The van der Waals surface area contributed by atoms with Crippen LogP contribution < -0.4 is 4.74 Å². The second kappa shape index (κ2) is 4.87. The van der Waals surface area contributed by atoms with Gasteiger partial charge in [-0.1, -0.05) is 32.9 Å². The fourth-order valence-corrected chi connectivity index (χ4v) is 1.36. The first-order chi connectivity index (χ1) is 8.57. The van der Waals surface area contributed by atoms with Crippen LogP contribution in [-0.2, 0) is 15.0 Å². The monoisotopic (exact) mass is 270 g/mol. The van der Waals surface area contributed by atoms with Gasteiger partial charge in [-0.15, -0.1) is 0 Å². The number of benzene rings is 1. The Morgan fingerprint density at radius 2 is 1.47 bits per heavy atom. The number of hydrogen-bond donors (Lipinski definition) is 2. The zero-order chi connectivity index (χ0) is 14.8. The van der Waals surface area contributed by atoms with E-state index in [9.17, 15) is 14.0 Å². The number of carboxylic acids is 2. The smallest absolute Gasteiger partial charge is 0.443 e. The molecule has 0 atom stereocenters. The van der Waals surface area contributed by atoms with E-state index in [-0.39, 0.29) is 11.2 Å². The van der Waals surface area contributed by atoms with Gasteiger partial charge in [0.15, 0.2) is 0 Å². The minimum absolute atomic E-state index is 0.134. The Labute approximate surface area is 109 Å². The Hall–Kier alpha value is -2.11. The molecular formula is C13H15FO5. The Kier molecular flexibility index (Phi) is 3.83. The predicted molar refractivity (Wildman–Crippen MR) is 64.9 cm³/mol. The van der Waals surface area contributed by atoms with Gasteiger partial charge in [0.1, 0.15) is 5.75 Å². The molecule has 0 aliphatic heterocycles. The zero-order valence-electron chi connectivity index (χ0n) is 10.8. The van der Waals surface area contributed by atoms with Crippen molar-refractivity contribution in [3.05, 3.63) is 29.8 Å². The van der Waals surface area contributed by atoms with Crippen LogP contribution in [0.15, 0.2) is 24.3 Å². The summed E-state index contributed by atoms with van der Waals surface area (Å²) in [6.45, 7) is 5.91. The maximum atomic E-state index is 13.6. The van der Waals surface area contributed by atoms with Gasteiger partial charge in [-0.2, -0.15) is 4.39 Å². The van der Waals surface area contributed by atoms with Crippen LogP contribution in [0.1, 0.15) is 26.3 Å². The van der Waals surface area contributed by atoms with E-state index in [1.165, 1.54) is 12.1 Å². The Bertz CT molecular complexity index is 473. The van der Waals surface area contributed by atoms with E-state index in [1.54, 1.807) is 12.1 Å². The summed E-state index contributed by atoms with van der Waals surface area (Å²) in [6.07, 6.45) is 0. The van der Waals surface area contributed by atoms with Crippen LogP contribution in [0.2, 0.25) is 0 Å². The molecular weight excluding hydrogens is 255 g/mol. The van der Waals surface area contributed by atoms with Gasteiger partial charge in [0.2, 0.25) is 0 Å². The summed E-state index contributed by atoms with van der Waals surface area (Å²) >= 11 is 0. The molecule has 0 aromatic heterocycles. The van der Waals surface area contributed by atoms with Gasteiger partial charge in [0, 0.05) is 0 Å². The molecule has 104 valence electrons. The highest BCUT2D eigenvalue weighted by atomic mass is 19.2. The quantitative estimate of drug-likeness (QED) is 0.819. The molecule has 0 saturated heterocycles. The van der Waals surface area contributed by atoms with E-state index in [1.807, 2.05) is 20.8 Å². The molecule has 0 heterocycles. The zero-order valence-corrected chi connectivity index (χ0v) is 10.8. The molecule has 0 bridgehead atoms. The lowest BCUT2D eigenvalue weighted by atomic mass is 9.87. The minimum atomic E-state index is -3.79. The second-order valence-corrected chi connectivity index (χ2v) is 5.08. The van der Waals surface area contributed by atoms with E-state index >= 15 is 0 Å². The molecule has 0 fully saturated rings. The molecule has 6 heteroatoms. The van der Waals surface area contributed by atoms with Crippen molar-refractivity contribution in [3.8, 4) is 5.75 Å². The van der Waals surface area contributed by atoms with E-state index in [4.69, 9.17) is 10.2 Å². The van der Waals surface area contributed by atoms with Gasteiger partial charge >= 0.3 is 17.8 Å². The van der Waals surface area contributed by atoms with Gasteiger partial charge < -0.3 is 14.9 Å². The largest absolute Gasteiger partial charge is 0.476 e. The first-order valence-corrected chi connectivity index (χ1v) is 5.52. The first kappa shape index (κ1) is 14.9. The summed E-state index contributed by atoms with van der Waals surface area (Å²) in [5, 5.41) is 17.1. The summed E-state index contributed by atoms with van der Waals surface area (Å²) in [7, 11) is 0. The topological polar surface area (TPSA) is 83.8 Å². The molecule has 0 amide bonds. The minimum Gasteiger partial charge on any atom is -0.476 e. The molecule has 19 heavy (non-hydrogen) atoms. The molecule has 0 spiro atoms. The molecule has 1 rings (SSSR count).